The number of nitrogens with zero attached hydrogens (tertiary/aromatic N) is 1. The van der Waals surface area contributed by atoms with Crippen LogP contribution < -0.4 is 10.6 Å². The maximum Gasteiger partial charge on any atom is 0.263 e. The van der Waals surface area contributed by atoms with E-state index in [-0.39, 0.29) is 22.6 Å². The maximum atomic E-state index is 12.7. The van der Waals surface area contributed by atoms with Crippen molar-refractivity contribution in [2.75, 3.05) is 11.9 Å². The minimum Gasteiger partial charge on any atom is -0.351 e. The number of hydrogen-bond acceptors (Lipinski definition) is 4. The Bertz CT molecular complexity index is 817. The molecule has 1 aromatic rings. The smallest absolute Gasteiger partial charge is 0.263 e. The number of carbonyl (C=O) groups excluding carboxylic acids is 2. The second kappa shape index (κ2) is 7.58. The Kier molecular flexibility index (Phi) is 6.00. The minimum absolute atomic E-state index is 0.00335. The number of allylic oxidation sites excluding steroid dienone is 3. The van der Waals surface area contributed by atoms with Gasteiger partial charge < -0.3 is 5.32 Å². The Balaban J connectivity index is 2.24. The van der Waals surface area contributed by atoms with Crippen LogP contribution in [0.3, 0.4) is 0 Å². The zero-order valence-electron chi connectivity index (χ0n) is 17.7. The number of carbonyl (C=O) groups is 2. The molecule has 0 spiro atoms. The van der Waals surface area contributed by atoms with Crippen LogP contribution in [-0.4, -0.2) is 23.3 Å². The molecule has 0 saturated carbocycles. The van der Waals surface area contributed by atoms with Crippen LogP contribution in [0.5, 0.6) is 0 Å². The Morgan fingerprint density at radius 2 is 1.74 bits per heavy atom. The molecular formula is C21H31N3O2S. The molecule has 6 heteroatoms. The molecule has 27 heavy (non-hydrogen) atoms. The van der Waals surface area contributed by atoms with Gasteiger partial charge in [0.25, 0.3) is 11.8 Å². The van der Waals surface area contributed by atoms with E-state index >= 15 is 0 Å². The van der Waals surface area contributed by atoms with E-state index < -0.39 is 0 Å². The molecule has 0 fully saturated rings. The summed E-state index contributed by atoms with van der Waals surface area (Å²) in [5, 5.41) is 6.35. The fourth-order valence-electron chi connectivity index (χ4n) is 2.82. The highest BCUT2D eigenvalue weighted by atomic mass is 32.1. The standard InChI is InChI=1S/C21H31N3O2S/c1-12-9-13(2)14(10-12)17(25)24-19-23-16(21(6,7)8)15(27-19)18(26)22-11-20(3,4)5/h9H,10-11H2,1-8H3,(H,22,26)(H,23,24,25). The highest BCUT2D eigenvalue weighted by Gasteiger charge is 2.29. The van der Waals surface area contributed by atoms with Gasteiger partial charge in [0.1, 0.15) is 4.88 Å². The van der Waals surface area contributed by atoms with Crippen LogP contribution in [0.4, 0.5) is 5.13 Å². The fraction of sp³-hybridized carbons (Fsp3) is 0.571. The third-order valence-corrected chi connectivity index (χ3v) is 5.18. The molecule has 0 aromatic carbocycles. The van der Waals surface area contributed by atoms with E-state index in [0.29, 0.717) is 28.7 Å². The molecule has 5 nitrogen and oxygen atoms in total. The van der Waals surface area contributed by atoms with Crippen molar-refractivity contribution in [1.29, 1.82) is 0 Å². The molecule has 1 heterocycles. The quantitative estimate of drug-likeness (QED) is 0.775. The topological polar surface area (TPSA) is 71.1 Å². The summed E-state index contributed by atoms with van der Waals surface area (Å²) in [4.78, 5) is 30.5. The van der Waals surface area contributed by atoms with Gasteiger partial charge in [0, 0.05) is 17.5 Å². The predicted molar refractivity (Wildman–Crippen MR) is 112 cm³/mol. The average Bonchev–Trinajstić information content (AvgIpc) is 3.07. The van der Waals surface area contributed by atoms with Crippen molar-refractivity contribution in [2.24, 2.45) is 5.41 Å². The summed E-state index contributed by atoms with van der Waals surface area (Å²) in [5.74, 6) is -0.280. The highest BCUT2D eigenvalue weighted by molar-refractivity contribution is 7.17. The Labute approximate surface area is 166 Å². The van der Waals surface area contributed by atoms with Gasteiger partial charge in [-0.05, 0) is 31.3 Å². The van der Waals surface area contributed by atoms with Crippen LogP contribution >= 0.6 is 11.3 Å². The molecule has 1 aliphatic carbocycles. The molecule has 2 N–H and O–H groups in total. The van der Waals surface area contributed by atoms with E-state index in [1.165, 1.54) is 16.9 Å². The molecule has 0 bridgehead atoms. The van der Waals surface area contributed by atoms with Crippen LogP contribution in [0.1, 0.15) is 77.2 Å². The molecule has 0 radical (unpaired) electrons. The third-order valence-electron chi connectivity index (χ3n) is 4.21. The SMILES string of the molecule is CC1=CC(C)=C(C(=O)Nc2nc(C(C)(C)C)c(C(=O)NCC(C)(C)C)s2)C1. The first-order valence-electron chi connectivity index (χ1n) is 9.26. The zero-order chi connectivity index (χ0) is 20.6. The Hall–Kier alpha value is -1.95. The second-order valence-electron chi connectivity index (χ2n) is 9.47. The largest absolute Gasteiger partial charge is 0.351 e. The van der Waals surface area contributed by atoms with Crippen LogP contribution in [0.2, 0.25) is 0 Å². The summed E-state index contributed by atoms with van der Waals surface area (Å²) >= 11 is 1.24. The zero-order valence-corrected chi connectivity index (χ0v) is 18.5. The van der Waals surface area contributed by atoms with Gasteiger partial charge in [-0.1, -0.05) is 64.5 Å². The summed E-state index contributed by atoms with van der Waals surface area (Å²) in [6, 6.07) is 0. The lowest BCUT2D eigenvalue weighted by Gasteiger charge is -2.20. The minimum atomic E-state index is -0.297. The molecule has 0 saturated heterocycles. The van der Waals surface area contributed by atoms with Gasteiger partial charge in [0.05, 0.1) is 5.69 Å². The van der Waals surface area contributed by atoms with Gasteiger partial charge in [0.15, 0.2) is 5.13 Å². The number of nitrogens with one attached hydrogen (secondary N) is 2. The van der Waals surface area contributed by atoms with E-state index in [0.717, 1.165) is 11.1 Å². The van der Waals surface area contributed by atoms with Crippen molar-refractivity contribution in [2.45, 2.75) is 67.2 Å². The van der Waals surface area contributed by atoms with Crippen molar-refractivity contribution in [1.82, 2.24) is 10.3 Å². The van der Waals surface area contributed by atoms with Gasteiger partial charge >= 0.3 is 0 Å². The second-order valence-corrected chi connectivity index (χ2v) is 10.5. The van der Waals surface area contributed by atoms with E-state index in [1.807, 2.05) is 40.7 Å². The lowest BCUT2D eigenvalue weighted by molar-refractivity contribution is -0.112. The monoisotopic (exact) mass is 389 g/mol. The van der Waals surface area contributed by atoms with Gasteiger partial charge in [0.2, 0.25) is 0 Å². The normalized spacial score (nSPS) is 15.0. The van der Waals surface area contributed by atoms with Crippen LogP contribution in [0.15, 0.2) is 22.8 Å². The average molecular weight is 390 g/mol. The molecule has 0 unspecified atom stereocenters. The summed E-state index contributed by atoms with van der Waals surface area (Å²) < 4.78 is 0. The number of amides is 2. The predicted octanol–water partition coefficient (Wildman–Crippen LogP) is 4.82. The third kappa shape index (κ3) is 5.51. The van der Waals surface area contributed by atoms with Gasteiger partial charge in [-0.15, -0.1) is 0 Å². The first kappa shape index (κ1) is 21.4. The lowest BCUT2D eigenvalue weighted by Crippen LogP contribution is -2.33. The van der Waals surface area contributed by atoms with Crippen molar-refractivity contribution in [3.63, 3.8) is 0 Å². The van der Waals surface area contributed by atoms with Crippen molar-refractivity contribution < 1.29 is 9.59 Å². The van der Waals surface area contributed by atoms with Gasteiger partial charge in [-0.3, -0.25) is 14.9 Å². The molecule has 148 valence electrons. The van der Waals surface area contributed by atoms with Crippen LogP contribution in [-0.2, 0) is 10.2 Å². The molecule has 0 aliphatic heterocycles. The molecule has 2 amide bonds. The first-order valence-corrected chi connectivity index (χ1v) is 10.1. The van der Waals surface area contributed by atoms with Crippen LogP contribution in [0, 0.1) is 5.41 Å². The molecule has 1 aromatic heterocycles. The number of aromatic nitrogens is 1. The number of rotatable bonds is 4. The van der Waals surface area contributed by atoms with Crippen molar-refractivity contribution in [3.8, 4) is 0 Å². The Morgan fingerprint density at radius 1 is 1.11 bits per heavy atom. The lowest BCUT2D eigenvalue weighted by atomic mass is 9.91. The molecule has 2 rings (SSSR count). The summed E-state index contributed by atoms with van der Waals surface area (Å²) in [6.07, 6.45) is 2.69. The number of thiazole rings is 1. The molecule has 0 atom stereocenters. The van der Waals surface area contributed by atoms with Crippen molar-refractivity contribution >= 4 is 28.3 Å². The molecular weight excluding hydrogens is 358 g/mol. The van der Waals surface area contributed by atoms with E-state index in [1.54, 1.807) is 0 Å². The molecule has 1 aliphatic rings. The van der Waals surface area contributed by atoms with Gasteiger partial charge in [-0.2, -0.15) is 0 Å². The van der Waals surface area contributed by atoms with Crippen LogP contribution in [0.25, 0.3) is 0 Å². The highest BCUT2D eigenvalue weighted by Crippen LogP contribution is 2.33. The Morgan fingerprint density at radius 3 is 2.22 bits per heavy atom. The maximum absolute atomic E-state index is 12.7. The first-order chi connectivity index (χ1) is 12.3. The summed E-state index contributed by atoms with van der Waals surface area (Å²) in [6.45, 7) is 16.8. The fourth-order valence-corrected chi connectivity index (χ4v) is 3.91. The van der Waals surface area contributed by atoms with E-state index in [2.05, 4.69) is 36.4 Å². The van der Waals surface area contributed by atoms with E-state index in [4.69, 9.17) is 0 Å². The van der Waals surface area contributed by atoms with Crippen molar-refractivity contribution in [3.05, 3.63) is 33.4 Å². The number of anilines is 1. The summed E-state index contributed by atoms with van der Waals surface area (Å²) in [7, 11) is 0. The van der Waals surface area contributed by atoms with E-state index in [9.17, 15) is 9.59 Å². The number of hydrogen-bond donors (Lipinski definition) is 2. The van der Waals surface area contributed by atoms with Gasteiger partial charge in [-0.25, -0.2) is 4.98 Å². The summed E-state index contributed by atoms with van der Waals surface area (Å²) in [5.41, 5.74) is 3.33.